The summed E-state index contributed by atoms with van der Waals surface area (Å²) in [4.78, 5) is 13.8. The van der Waals surface area contributed by atoms with Crippen molar-refractivity contribution >= 4 is 17.5 Å². The maximum atomic E-state index is 12.0. The molecule has 0 aromatic rings. The second-order valence-electron chi connectivity index (χ2n) is 4.47. The van der Waals surface area contributed by atoms with E-state index in [1.54, 1.807) is 4.90 Å². The molecule has 0 aliphatic heterocycles. The van der Waals surface area contributed by atoms with Crippen molar-refractivity contribution in [3.63, 3.8) is 0 Å². The zero-order valence-electron chi connectivity index (χ0n) is 9.29. The summed E-state index contributed by atoms with van der Waals surface area (Å²) >= 11 is 5.74. The van der Waals surface area contributed by atoms with Crippen LogP contribution in [0.3, 0.4) is 0 Å². The van der Waals surface area contributed by atoms with E-state index in [-0.39, 0.29) is 17.9 Å². The van der Waals surface area contributed by atoms with Gasteiger partial charge in [0.25, 0.3) is 0 Å². The molecule has 2 nitrogen and oxygen atoms in total. The Hall–Kier alpha value is -0.240. The van der Waals surface area contributed by atoms with Crippen molar-refractivity contribution in [2.45, 2.75) is 39.2 Å². The lowest BCUT2D eigenvalue weighted by atomic mass is 9.96. The highest BCUT2D eigenvalue weighted by Gasteiger charge is 2.32. The Bertz CT molecular complexity index is 207. The first-order valence-electron chi connectivity index (χ1n) is 5.40. The summed E-state index contributed by atoms with van der Waals surface area (Å²) in [6.45, 7) is 4.17. The van der Waals surface area contributed by atoms with Crippen LogP contribution in [-0.2, 0) is 4.79 Å². The molecule has 0 N–H and O–H groups in total. The lowest BCUT2D eigenvalue weighted by Gasteiger charge is -2.27. The standard InChI is InChI=1S/C11H20ClNO/c1-8-5-4-6-10(8)11(14)13(3)9(2)7-12/h8-10H,4-7H2,1-3H3. The third-order valence-electron chi connectivity index (χ3n) is 3.41. The third-order valence-corrected chi connectivity index (χ3v) is 3.86. The molecule has 1 rings (SSSR count). The third kappa shape index (κ3) is 2.41. The molecule has 1 aliphatic rings. The minimum atomic E-state index is 0.150. The summed E-state index contributed by atoms with van der Waals surface area (Å²) in [6.07, 6.45) is 3.44. The lowest BCUT2D eigenvalue weighted by Crippen LogP contribution is -2.40. The van der Waals surface area contributed by atoms with Crippen LogP contribution in [0.5, 0.6) is 0 Å². The molecule has 0 aromatic carbocycles. The Kier molecular flexibility index (Phi) is 4.24. The molecule has 0 radical (unpaired) electrons. The number of hydrogen-bond acceptors (Lipinski definition) is 1. The van der Waals surface area contributed by atoms with Gasteiger partial charge in [0.05, 0.1) is 0 Å². The molecule has 1 amide bonds. The minimum Gasteiger partial charge on any atom is -0.342 e. The summed E-state index contributed by atoms with van der Waals surface area (Å²) < 4.78 is 0. The molecule has 0 heterocycles. The van der Waals surface area contributed by atoms with E-state index >= 15 is 0 Å². The predicted octanol–water partition coefficient (Wildman–Crippen LogP) is 2.51. The number of carbonyl (C=O) groups is 1. The van der Waals surface area contributed by atoms with Crippen molar-refractivity contribution in [1.82, 2.24) is 4.90 Å². The molecule has 1 fully saturated rings. The maximum Gasteiger partial charge on any atom is 0.225 e. The topological polar surface area (TPSA) is 20.3 Å². The molecule has 3 unspecified atom stereocenters. The number of alkyl halides is 1. The van der Waals surface area contributed by atoms with Crippen LogP contribution in [0, 0.1) is 11.8 Å². The zero-order chi connectivity index (χ0) is 10.7. The Morgan fingerprint density at radius 1 is 1.57 bits per heavy atom. The van der Waals surface area contributed by atoms with Gasteiger partial charge in [0.15, 0.2) is 0 Å². The quantitative estimate of drug-likeness (QED) is 0.666. The summed E-state index contributed by atoms with van der Waals surface area (Å²) in [6, 6.07) is 0.150. The van der Waals surface area contributed by atoms with Gasteiger partial charge in [-0.05, 0) is 25.7 Å². The van der Waals surface area contributed by atoms with Crippen molar-refractivity contribution in [3.8, 4) is 0 Å². The first kappa shape index (κ1) is 11.8. The smallest absolute Gasteiger partial charge is 0.225 e. The largest absolute Gasteiger partial charge is 0.342 e. The Morgan fingerprint density at radius 3 is 2.64 bits per heavy atom. The average Bonchev–Trinajstić information content (AvgIpc) is 2.61. The average molecular weight is 218 g/mol. The highest BCUT2D eigenvalue weighted by molar-refractivity contribution is 6.18. The molecular weight excluding hydrogens is 198 g/mol. The van der Waals surface area contributed by atoms with E-state index in [9.17, 15) is 4.79 Å². The van der Waals surface area contributed by atoms with Crippen LogP contribution in [0.15, 0.2) is 0 Å². The molecule has 3 atom stereocenters. The highest BCUT2D eigenvalue weighted by atomic mass is 35.5. The molecule has 1 aliphatic carbocycles. The van der Waals surface area contributed by atoms with E-state index in [2.05, 4.69) is 6.92 Å². The van der Waals surface area contributed by atoms with Crippen molar-refractivity contribution in [3.05, 3.63) is 0 Å². The van der Waals surface area contributed by atoms with Crippen molar-refractivity contribution in [2.75, 3.05) is 12.9 Å². The molecule has 0 spiro atoms. The van der Waals surface area contributed by atoms with Crippen LogP contribution in [0.25, 0.3) is 0 Å². The molecule has 3 heteroatoms. The number of rotatable bonds is 3. The summed E-state index contributed by atoms with van der Waals surface area (Å²) in [5.74, 6) is 1.59. The van der Waals surface area contributed by atoms with Gasteiger partial charge >= 0.3 is 0 Å². The number of hydrogen-bond donors (Lipinski definition) is 0. The molecule has 14 heavy (non-hydrogen) atoms. The number of carbonyl (C=O) groups excluding carboxylic acids is 1. The molecule has 0 bridgehead atoms. The van der Waals surface area contributed by atoms with E-state index in [0.29, 0.717) is 11.8 Å². The van der Waals surface area contributed by atoms with Crippen LogP contribution < -0.4 is 0 Å². The fourth-order valence-electron chi connectivity index (χ4n) is 2.09. The summed E-state index contributed by atoms with van der Waals surface area (Å²) in [5, 5.41) is 0. The van der Waals surface area contributed by atoms with Gasteiger partial charge in [0.1, 0.15) is 0 Å². The van der Waals surface area contributed by atoms with Gasteiger partial charge in [-0.25, -0.2) is 0 Å². The predicted molar refractivity (Wildman–Crippen MR) is 59.5 cm³/mol. The zero-order valence-corrected chi connectivity index (χ0v) is 10.0. The van der Waals surface area contributed by atoms with Gasteiger partial charge in [-0.1, -0.05) is 13.3 Å². The number of amides is 1. The first-order valence-corrected chi connectivity index (χ1v) is 5.94. The van der Waals surface area contributed by atoms with Gasteiger partial charge in [0.2, 0.25) is 5.91 Å². The highest BCUT2D eigenvalue weighted by Crippen LogP contribution is 2.32. The van der Waals surface area contributed by atoms with Crippen molar-refractivity contribution in [1.29, 1.82) is 0 Å². The van der Waals surface area contributed by atoms with E-state index in [0.717, 1.165) is 6.42 Å². The normalized spacial score (nSPS) is 28.9. The van der Waals surface area contributed by atoms with Crippen LogP contribution >= 0.6 is 11.6 Å². The van der Waals surface area contributed by atoms with Crippen LogP contribution in [0.1, 0.15) is 33.1 Å². The van der Waals surface area contributed by atoms with Crippen LogP contribution in [-0.4, -0.2) is 29.8 Å². The van der Waals surface area contributed by atoms with E-state index in [1.165, 1.54) is 12.8 Å². The molecular formula is C11H20ClNO. The second kappa shape index (κ2) is 5.01. The minimum absolute atomic E-state index is 0.150. The fraction of sp³-hybridized carbons (Fsp3) is 0.909. The summed E-state index contributed by atoms with van der Waals surface area (Å²) in [5.41, 5.74) is 0. The Morgan fingerprint density at radius 2 is 2.21 bits per heavy atom. The van der Waals surface area contributed by atoms with Gasteiger partial charge in [-0.3, -0.25) is 4.79 Å². The molecule has 0 saturated heterocycles. The van der Waals surface area contributed by atoms with Gasteiger partial charge in [0, 0.05) is 24.9 Å². The monoisotopic (exact) mass is 217 g/mol. The van der Waals surface area contributed by atoms with Crippen molar-refractivity contribution in [2.24, 2.45) is 11.8 Å². The van der Waals surface area contributed by atoms with Gasteiger partial charge < -0.3 is 4.90 Å². The second-order valence-corrected chi connectivity index (χ2v) is 4.78. The molecule has 1 saturated carbocycles. The molecule has 0 aromatic heterocycles. The SMILES string of the molecule is CC1CCCC1C(=O)N(C)C(C)CCl. The van der Waals surface area contributed by atoms with Crippen molar-refractivity contribution < 1.29 is 4.79 Å². The van der Waals surface area contributed by atoms with Gasteiger partial charge in [-0.2, -0.15) is 0 Å². The Balaban J connectivity index is 2.55. The summed E-state index contributed by atoms with van der Waals surface area (Å²) in [7, 11) is 1.86. The van der Waals surface area contributed by atoms with Crippen LogP contribution in [0.4, 0.5) is 0 Å². The van der Waals surface area contributed by atoms with Crippen LogP contribution in [0.2, 0.25) is 0 Å². The Labute approximate surface area is 91.6 Å². The molecule has 82 valence electrons. The maximum absolute atomic E-state index is 12.0. The van der Waals surface area contributed by atoms with E-state index in [1.807, 2.05) is 14.0 Å². The van der Waals surface area contributed by atoms with Gasteiger partial charge in [-0.15, -0.1) is 11.6 Å². The van der Waals surface area contributed by atoms with E-state index < -0.39 is 0 Å². The fourth-order valence-corrected chi connectivity index (χ4v) is 2.30. The number of halogens is 1. The van der Waals surface area contributed by atoms with E-state index in [4.69, 9.17) is 11.6 Å². The lowest BCUT2D eigenvalue weighted by molar-refractivity contribution is -0.136. The first-order chi connectivity index (χ1) is 6.57. The number of nitrogens with zero attached hydrogens (tertiary/aromatic N) is 1.